The summed E-state index contributed by atoms with van der Waals surface area (Å²) >= 11 is 0. The van der Waals surface area contributed by atoms with E-state index in [2.05, 4.69) is 23.4 Å². The first-order chi connectivity index (χ1) is 28.2. The number of hydrogen-bond acceptors (Lipinski definition) is 11. The summed E-state index contributed by atoms with van der Waals surface area (Å²) < 4.78 is 27.6. The van der Waals surface area contributed by atoms with Crippen molar-refractivity contribution < 1.29 is 42.9 Å². The summed E-state index contributed by atoms with van der Waals surface area (Å²) in [6.45, 7) is 12.1. The third kappa shape index (κ3) is 14.8. The molecule has 0 aromatic heterocycles. The molecular weight excluding hydrogens is 737 g/mol. The number of esters is 3. The zero-order valence-corrected chi connectivity index (χ0v) is 33.2. The minimum Gasteiger partial charge on any atom is -0.494 e. The molecule has 0 saturated carbocycles. The summed E-state index contributed by atoms with van der Waals surface area (Å²) in [5.41, 5.74) is 4.00. The Kier molecular flexibility index (Phi) is 18.3. The predicted molar refractivity (Wildman–Crippen MR) is 224 cm³/mol. The summed E-state index contributed by atoms with van der Waals surface area (Å²) in [7, 11) is 0. The van der Waals surface area contributed by atoms with E-state index >= 15 is 0 Å². The Bertz CT molecular complexity index is 1890. The van der Waals surface area contributed by atoms with Gasteiger partial charge in [-0.25, -0.2) is 14.4 Å². The molecular formula is C47H50N2O9. The zero-order valence-electron chi connectivity index (χ0n) is 33.2. The first-order valence-electron chi connectivity index (χ1n) is 19.4. The Balaban J connectivity index is 1.25. The molecule has 0 amide bonds. The zero-order chi connectivity index (χ0) is 41.5. The predicted octanol–water partition coefficient (Wildman–Crippen LogP) is 9.72. The fourth-order valence-electron chi connectivity index (χ4n) is 5.42. The van der Waals surface area contributed by atoms with Crippen molar-refractivity contribution in [1.82, 2.24) is 0 Å². The molecule has 58 heavy (non-hydrogen) atoms. The van der Waals surface area contributed by atoms with Crippen molar-refractivity contribution in [3.05, 3.63) is 145 Å². The van der Waals surface area contributed by atoms with Gasteiger partial charge in [-0.3, -0.25) is 4.79 Å². The SMILES string of the molecule is C=CC(=O)CCCCCOc1ccc(C(=O)Oc2ccc(/C(CC)=N/N=C(\CC)c3ccc(OC(=O)c4ccc(OCCCCOC(=O)C=C)cc4)cc3)cc2)cc1. The summed E-state index contributed by atoms with van der Waals surface area (Å²) in [4.78, 5) is 48.0. The van der Waals surface area contributed by atoms with E-state index < -0.39 is 17.9 Å². The van der Waals surface area contributed by atoms with Crippen LogP contribution >= 0.6 is 0 Å². The number of benzene rings is 4. The maximum absolute atomic E-state index is 12.8. The topological polar surface area (TPSA) is 139 Å². The van der Waals surface area contributed by atoms with Gasteiger partial charge in [0.05, 0.1) is 42.4 Å². The second kappa shape index (κ2) is 24.1. The Morgan fingerprint density at radius 2 is 0.897 bits per heavy atom. The molecule has 0 unspecified atom stereocenters. The monoisotopic (exact) mass is 786 g/mol. The molecule has 0 saturated heterocycles. The van der Waals surface area contributed by atoms with Crippen molar-refractivity contribution in [2.24, 2.45) is 10.2 Å². The molecule has 0 N–H and O–H groups in total. The van der Waals surface area contributed by atoms with E-state index in [0.717, 1.165) is 47.9 Å². The Labute approximate surface area is 340 Å². The molecule has 4 rings (SSSR count). The van der Waals surface area contributed by atoms with Crippen LogP contribution in [0.2, 0.25) is 0 Å². The van der Waals surface area contributed by atoms with E-state index in [4.69, 9.17) is 23.7 Å². The average Bonchev–Trinajstić information content (AvgIpc) is 3.25. The molecule has 0 bridgehead atoms. The van der Waals surface area contributed by atoms with Gasteiger partial charge in [0.2, 0.25) is 0 Å². The number of carbonyl (C=O) groups is 4. The highest BCUT2D eigenvalue weighted by Gasteiger charge is 2.12. The van der Waals surface area contributed by atoms with E-state index in [1.165, 1.54) is 6.08 Å². The molecule has 0 aliphatic rings. The van der Waals surface area contributed by atoms with E-state index in [1.54, 1.807) is 72.8 Å². The van der Waals surface area contributed by atoms with Crippen molar-refractivity contribution in [3.63, 3.8) is 0 Å². The van der Waals surface area contributed by atoms with Gasteiger partial charge in [0, 0.05) is 12.5 Å². The molecule has 4 aromatic rings. The molecule has 0 heterocycles. The van der Waals surface area contributed by atoms with Crippen molar-refractivity contribution >= 4 is 35.1 Å². The lowest BCUT2D eigenvalue weighted by Crippen LogP contribution is -2.09. The van der Waals surface area contributed by atoms with Gasteiger partial charge in [0.15, 0.2) is 5.78 Å². The van der Waals surface area contributed by atoms with Crippen LogP contribution in [0.3, 0.4) is 0 Å². The lowest BCUT2D eigenvalue weighted by atomic mass is 10.1. The summed E-state index contributed by atoms with van der Waals surface area (Å²) in [6, 6.07) is 27.7. The molecule has 0 radical (unpaired) electrons. The standard InChI is InChI=1S/C47H50N2O9/c1-5-38(50)14-10-9-11-31-54-39-23-19-36(20-24-39)46(52)57-41-27-15-34(16-28-41)43(6-2)48-49-44(7-3)35-17-29-42(30-18-35)58-47(53)37-21-25-40(26-22-37)55-32-12-13-33-56-45(51)8-4/h5,8,15-30H,1,4,6-7,9-14,31-33H2,2-3H3/b48-43+,49-44+. The number of unbranched alkanes of at least 4 members (excludes halogenated alkanes) is 3. The van der Waals surface area contributed by atoms with E-state index in [1.807, 2.05) is 38.1 Å². The van der Waals surface area contributed by atoms with Crippen LogP contribution in [0.25, 0.3) is 0 Å². The van der Waals surface area contributed by atoms with Crippen molar-refractivity contribution in [1.29, 1.82) is 0 Å². The van der Waals surface area contributed by atoms with Crippen LogP contribution < -0.4 is 18.9 Å². The Morgan fingerprint density at radius 1 is 0.500 bits per heavy atom. The highest BCUT2D eigenvalue weighted by atomic mass is 16.5. The number of carbonyl (C=O) groups excluding carboxylic acids is 4. The van der Waals surface area contributed by atoms with Crippen molar-refractivity contribution in [3.8, 4) is 23.0 Å². The maximum atomic E-state index is 12.8. The van der Waals surface area contributed by atoms with Crippen LogP contribution in [-0.2, 0) is 14.3 Å². The molecule has 11 heteroatoms. The fraction of sp³-hybridized carbons (Fsp3) is 0.277. The molecule has 0 aliphatic heterocycles. The van der Waals surface area contributed by atoms with Crippen LogP contribution in [0, 0.1) is 0 Å². The largest absolute Gasteiger partial charge is 0.494 e. The van der Waals surface area contributed by atoms with Gasteiger partial charge >= 0.3 is 17.9 Å². The first kappa shape index (κ1) is 44.1. The molecule has 11 nitrogen and oxygen atoms in total. The molecule has 0 spiro atoms. The van der Waals surface area contributed by atoms with Crippen molar-refractivity contribution in [2.45, 2.75) is 65.2 Å². The van der Waals surface area contributed by atoms with Gasteiger partial charge in [-0.05, 0) is 159 Å². The average molecular weight is 787 g/mol. The Hall–Kier alpha value is -6.62. The van der Waals surface area contributed by atoms with Gasteiger partial charge in [0.25, 0.3) is 0 Å². The van der Waals surface area contributed by atoms with Gasteiger partial charge in [-0.15, -0.1) is 0 Å². The lowest BCUT2D eigenvalue weighted by Gasteiger charge is -2.09. The number of ketones is 1. The molecule has 0 atom stereocenters. The fourth-order valence-corrected chi connectivity index (χ4v) is 5.42. The van der Waals surface area contributed by atoms with E-state index in [0.29, 0.717) is 86.0 Å². The summed E-state index contributed by atoms with van der Waals surface area (Å²) in [5.74, 6) is 0.700. The number of allylic oxidation sites excluding steroid dienone is 1. The highest BCUT2D eigenvalue weighted by molar-refractivity contribution is 6.03. The van der Waals surface area contributed by atoms with E-state index in [-0.39, 0.29) is 5.78 Å². The molecule has 302 valence electrons. The third-order valence-corrected chi connectivity index (χ3v) is 8.72. The molecule has 0 fully saturated rings. The maximum Gasteiger partial charge on any atom is 0.343 e. The summed E-state index contributed by atoms with van der Waals surface area (Å²) in [6.07, 6.45) is 8.12. The van der Waals surface area contributed by atoms with Gasteiger partial charge in [0.1, 0.15) is 23.0 Å². The highest BCUT2D eigenvalue weighted by Crippen LogP contribution is 2.21. The number of nitrogens with zero attached hydrogens (tertiary/aromatic N) is 2. The minimum absolute atomic E-state index is 0.0552. The smallest absolute Gasteiger partial charge is 0.343 e. The minimum atomic E-state index is -0.496. The molecule has 0 aliphatic carbocycles. The molecule has 4 aromatic carbocycles. The lowest BCUT2D eigenvalue weighted by molar-refractivity contribution is -0.137. The normalized spacial score (nSPS) is 11.3. The Morgan fingerprint density at radius 3 is 1.31 bits per heavy atom. The van der Waals surface area contributed by atoms with Gasteiger partial charge < -0.3 is 23.7 Å². The number of rotatable bonds is 24. The first-order valence-corrected chi connectivity index (χ1v) is 19.4. The van der Waals surface area contributed by atoms with Crippen molar-refractivity contribution in [2.75, 3.05) is 19.8 Å². The van der Waals surface area contributed by atoms with Gasteiger partial charge in [-0.2, -0.15) is 10.2 Å². The van der Waals surface area contributed by atoms with Gasteiger partial charge in [-0.1, -0.05) is 27.0 Å². The second-order valence-corrected chi connectivity index (χ2v) is 12.9. The number of ether oxygens (including phenoxy) is 5. The van der Waals surface area contributed by atoms with Crippen LogP contribution in [0.5, 0.6) is 23.0 Å². The van der Waals surface area contributed by atoms with Crippen LogP contribution in [0.4, 0.5) is 0 Å². The third-order valence-electron chi connectivity index (χ3n) is 8.72. The van der Waals surface area contributed by atoms with E-state index in [9.17, 15) is 19.2 Å². The quantitative estimate of drug-likeness (QED) is 0.0170. The number of hydrogen-bond donors (Lipinski definition) is 0. The van der Waals surface area contributed by atoms with Crippen LogP contribution in [0.1, 0.15) is 97.1 Å². The summed E-state index contributed by atoms with van der Waals surface area (Å²) in [5, 5.41) is 9.12. The second-order valence-electron chi connectivity index (χ2n) is 12.9. The van der Waals surface area contributed by atoms with Crippen LogP contribution in [0.15, 0.2) is 133 Å². The van der Waals surface area contributed by atoms with Crippen LogP contribution in [-0.4, -0.2) is 54.9 Å².